The van der Waals surface area contributed by atoms with E-state index in [1.54, 1.807) is 0 Å². The molecule has 0 radical (unpaired) electrons. The van der Waals surface area contributed by atoms with Gasteiger partial charge in [-0.25, -0.2) is 21.6 Å². The normalized spacial score (nSPS) is 28.7. The molecule has 5 atom stereocenters. The van der Waals surface area contributed by atoms with E-state index in [0.29, 0.717) is 12.1 Å². The fraction of sp³-hybridized carbons (Fsp3) is 0.435. The summed E-state index contributed by atoms with van der Waals surface area (Å²) in [6, 6.07) is 4.93. The van der Waals surface area contributed by atoms with Crippen LogP contribution in [0.4, 0.5) is 18.9 Å². The van der Waals surface area contributed by atoms with Crippen LogP contribution in [0.15, 0.2) is 35.2 Å². The Labute approximate surface area is 205 Å². The molecule has 2 fully saturated rings. The summed E-state index contributed by atoms with van der Waals surface area (Å²) in [6.45, 7) is 2.01. The van der Waals surface area contributed by atoms with Gasteiger partial charge in [0.05, 0.1) is 15.2 Å². The van der Waals surface area contributed by atoms with Gasteiger partial charge < -0.3 is 10.4 Å². The van der Waals surface area contributed by atoms with Gasteiger partial charge in [-0.1, -0.05) is 18.5 Å². The van der Waals surface area contributed by atoms with Crippen molar-refractivity contribution in [1.29, 1.82) is 0 Å². The zero-order valence-corrected chi connectivity index (χ0v) is 20.7. The van der Waals surface area contributed by atoms with Crippen LogP contribution in [0.5, 0.6) is 0 Å². The van der Waals surface area contributed by atoms with E-state index in [1.165, 1.54) is 23.9 Å². The lowest BCUT2D eigenvalue weighted by molar-refractivity contribution is 0.0214. The predicted molar refractivity (Wildman–Crippen MR) is 125 cm³/mol. The van der Waals surface area contributed by atoms with Crippen molar-refractivity contribution >= 4 is 44.8 Å². The number of fused-ring (bicyclic) bond motifs is 2. The third-order valence-corrected chi connectivity index (χ3v) is 11.0. The van der Waals surface area contributed by atoms with Gasteiger partial charge in [0.15, 0.2) is 27.3 Å². The molecule has 2 aliphatic rings. The fourth-order valence-corrected chi connectivity index (χ4v) is 8.83. The molecular weight excluding hydrogens is 511 g/mol. The lowest BCUT2D eigenvalue weighted by Gasteiger charge is -2.42. The number of rotatable bonds is 5. The topological polar surface area (TPSA) is 83.5 Å². The van der Waals surface area contributed by atoms with E-state index in [-0.39, 0.29) is 51.8 Å². The lowest BCUT2D eigenvalue weighted by Crippen LogP contribution is -2.46. The Kier molecular flexibility index (Phi) is 6.74. The van der Waals surface area contributed by atoms with Crippen molar-refractivity contribution in [3.63, 3.8) is 0 Å². The van der Waals surface area contributed by atoms with Crippen LogP contribution in [0.2, 0.25) is 5.02 Å². The van der Waals surface area contributed by atoms with E-state index in [1.807, 2.05) is 13.2 Å². The van der Waals surface area contributed by atoms with Crippen molar-refractivity contribution in [3.05, 3.63) is 58.4 Å². The second-order valence-electron chi connectivity index (χ2n) is 8.96. The molecule has 2 aromatic carbocycles. The van der Waals surface area contributed by atoms with E-state index in [9.17, 15) is 31.5 Å². The third kappa shape index (κ3) is 4.23. The number of hydrogen-bond acceptors (Lipinski definition) is 5. The van der Waals surface area contributed by atoms with Crippen LogP contribution in [-0.4, -0.2) is 35.9 Å². The van der Waals surface area contributed by atoms with E-state index in [0.717, 1.165) is 12.5 Å². The van der Waals surface area contributed by atoms with Gasteiger partial charge in [0, 0.05) is 29.3 Å². The molecule has 2 bridgehead atoms. The van der Waals surface area contributed by atoms with Crippen LogP contribution in [0.1, 0.15) is 36.5 Å². The maximum Gasteiger partial charge on any atom is 0.255 e. The van der Waals surface area contributed by atoms with E-state index in [4.69, 9.17) is 11.6 Å². The largest absolute Gasteiger partial charge is 0.379 e. The van der Waals surface area contributed by atoms with E-state index in [2.05, 4.69) is 5.32 Å². The van der Waals surface area contributed by atoms with Crippen molar-refractivity contribution in [2.45, 2.75) is 41.3 Å². The average Bonchev–Trinajstić information content (AvgIpc) is 2.90. The average molecular weight is 534 g/mol. The van der Waals surface area contributed by atoms with Crippen molar-refractivity contribution in [1.82, 2.24) is 0 Å². The second-order valence-corrected chi connectivity index (χ2v) is 12.6. The maximum absolute atomic E-state index is 13.5. The van der Waals surface area contributed by atoms with Crippen LogP contribution in [0, 0.1) is 35.2 Å². The summed E-state index contributed by atoms with van der Waals surface area (Å²) in [6.07, 6.45) is 3.11. The first-order chi connectivity index (χ1) is 15.9. The number of amides is 1. The van der Waals surface area contributed by atoms with Crippen LogP contribution in [0.25, 0.3) is 0 Å². The molecule has 2 saturated carbocycles. The molecular formula is C23H23ClF3NO4S2. The first-order valence-corrected chi connectivity index (χ1v) is 13.8. The van der Waals surface area contributed by atoms with Gasteiger partial charge in [0.1, 0.15) is 4.93 Å². The summed E-state index contributed by atoms with van der Waals surface area (Å²) >= 11 is 7.58. The minimum atomic E-state index is -3.95. The van der Waals surface area contributed by atoms with Gasteiger partial charge >= 0.3 is 0 Å². The summed E-state index contributed by atoms with van der Waals surface area (Å²) < 4.78 is 67.2. The fourth-order valence-electron chi connectivity index (χ4n) is 5.30. The molecule has 2 unspecified atom stereocenters. The molecule has 0 aromatic heterocycles. The Morgan fingerprint density at radius 3 is 2.38 bits per heavy atom. The van der Waals surface area contributed by atoms with Crippen LogP contribution in [-0.2, 0) is 9.84 Å². The number of anilines is 1. The quantitative estimate of drug-likeness (QED) is 0.404. The van der Waals surface area contributed by atoms with Crippen molar-refractivity contribution < 1.29 is 31.5 Å². The van der Waals surface area contributed by atoms with Crippen LogP contribution >= 0.6 is 23.4 Å². The molecule has 2 aliphatic carbocycles. The highest BCUT2D eigenvalue weighted by Crippen LogP contribution is 2.58. The highest BCUT2D eigenvalue weighted by molar-refractivity contribution is 7.99. The van der Waals surface area contributed by atoms with Gasteiger partial charge in [-0.05, 0) is 55.6 Å². The number of thioether (sulfide) groups is 1. The van der Waals surface area contributed by atoms with Gasteiger partial charge in [0.2, 0.25) is 0 Å². The summed E-state index contributed by atoms with van der Waals surface area (Å²) in [4.78, 5) is 11.5. The Balaban J connectivity index is 1.61. The van der Waals surface area contributed by atoms with Gasteiger partial charge in [-0.3, -0.25) is 4.79 Å². The van der Waals surface area contributed by atoms with Crippen molar-refractivity contribution in [2.24, 2.45) is 17.8 Å². The Morgan fingerprint density at radius 2 is 1.79 bits per heavy atom. The van der Waals surface area contributed by atoms with Crippen molar-refractivity contribution in [3.8, 4) is 0 Å². The molecule has 11 heteroatoms. The highest BCUT2D eigenvalue weighted by Gasteiger charge is 2.58. The minimum Gasteiger partial charge on any atom is -0.379 e. The first kappa shape index (κ1) is 25.3. The molecule has 2 N–H and O–H groups in total. The lowest BCUT2D eigenvalue weighted by atomic mass is 9.83. The number of carbonyl (C=O) groups excluding carboxylic acids is 1. The highest BCUT2D eigenvalue weighted by atomic mass is 35.5. The standard InChI is InChI=1S/C23H23ClF3NO4S2/c1-11-5-13-7-15(10-16(11)23(13,30)33-2)34(31,32)20-6-12(3-4-17(20)24)22(29)28-14-8-18(25)21(27)19(26)9-14/h3-4,6,8-9,11,13,15-16,30H,5,7,10H2,1-2H3,(H,28,29)/t11-,13?,15+,16?,23-/m0/s1. The van der Waals surface area contributed by atoms with Crippen LogP contribution < -0.4 is 5.32 Å². The predicted octanol–water partition coefficient (Wildman–Crippen LogP) is 5.27. The molecule has 184 valence electrons. The summed E-state index contributed by atoms with van der Waals surface area (Å²) in [5, 5.41) is 12.5. The second kappa shape index (κ2) is 9.04. The summed E-state index contributed by atoms with van der Waals surface area (Å²) in [5.74, 6) is -5.64. The smallest absolute Gasteiger partial charge is 0.255 e. The number of aliphatic hydroxyl groups is 1. The Bertz CT molecular complexity index is 1240. The molecule has 0 saturated heterocycles. The Hall–Kier alpha value is -1.75. The molecule has 1 amide bonds. The molecule has 0 spiro atoms. The molecule has 0 heterocycles. The number of halogens is 4. The van der Waals surface area contributed by atoms with Gasteiger partial charge in [0.25, 0.3) is 5.91 Å². The SMILES string of the molecule is CS[C@@]1(O)C2C[C@@H](S(=O)(=O)c3cc(C(=O)Nc4cc(F)c(F)c(F)c4)ccc3Cl)CC1[C@@H](C)C2. The summed E-state index contributed by atoms with van der Waals surface area (Å²) in [7, 11) is -3.95. The molecule has 34 heavy (non-hydrogen) atoms. The zero-order chi connectivity index (χ0) is 25.0. The van der Waals surface area contributed by atoms with Gasteiger partial charge in [-0.2, -0.15) is 0 Å². The number of carbonyl (C=O) groups is 1. The monoisotopic (exact) mass is 533 g/mol. The van der Waals surface area contributed by atoms with E-state index >= 15 is 0 Å². The number of hydrogen-bond donors (Lipinski definition) is 2. The molecule has 0 aliphatic heterocycles. The van der Waals surface area contributed by atoms with Gasteiger partial charge in [-0.15, -0.1) is 11.8 Å². The molecule has 4 rings (SSSR count). The van der Waals surface area contributed by atoms with E-state index < -0.39 is 43.4 Å². The number of nitrogens with one attached hydrogen (secondary N) is 1. The van der Waals surface area contributed by atoms with Crippen molar-refractivity contribution in [2.75, 3.05) is 11.6 Å². The first-order valence-electron chi connectivity index (χ1n) is 10.6. The number of sulfone groups is 1. The molecule has 5 nitrogen and oxygen atoms in total. The third-order valence-electron chi connectivity index (χ3n) is 7.03. The Morgan fingerprint density at radius 1 is 1.15 bits per heavy atom. The molecule has 2 aromatic rings. The minimum absolute atomic E-state index is 0.0541. The zero-order valence-electron chi connectivity index (χ0n) is 18.3. The summed E-state index contributed by atoms with van der Waals surface area (Å²) in [5.41, 5.74) is -0.421. The maximum atomic E-state index is 13.5. The van der Waals surface area contributed by atoms with Crippen LogP contribution in [0.3, 0.4) is 0 Å². The number of benzene rings is 2.